The van der Waals surface area contributed by atoms with Crippen molar-refractivity contribution < 1.29 is 23.8 Å². The minimum absolute atomic E-state index is 0.0966. The van der Waals surface area contributed by atoms with Crippen LogP contribution in [0.3, 0.4) is 0 Å². The number of hydrogen-bond acceptors (Lipinski definition) is 5. The SMILES string of the molecule is C[C@@H](NC(=O)OC(C)(C)C)c1nc2c(cc1F)cc(CO)n2COCC[Si](C)(C)C. The van der Waals surface area contributed by atoms with Gasteiger partial charge in [0.05, 0.1) is 12.6 Å². The van der Waals surface area contributed by atoms with E-state index in [1.807, 2.05) is 0 Å². The van der Waals surface area contributed by atoms with Crippen molar-refractivity contribution in [3.8, 4) is 0 Å². The maximum absolute atomic E-state index is 14.7. The lowest BCUT2D eigenvalue weighted by molar-refractivity contribution is 0.0506. The topological polar surface area (TPSA) is 85.6 Å². The van der Waals surface area contributed by atoms with Crippen LogP contribution in [0.25, 0.3) is 11.0 Å². The van der Waals surface area contributed by atoms with E-state index in [1.54, 1.807) is 38.3 Å². The Morgan fingerprint density at radius 1 is 1.33 bits per heavy atom. The fourth-order valence-electron chi connectivity index (χ4n) is 2.89. The van der Waals surface area contributed by atoms with Gasteiger partial charge in [-0.05, 0) is 45.9 Å². The first kappa shape index (κ1) is 24.3. The van der Waals surface area contributed by atoms with Crippen LogP contribution >= 0.6 is 0 Å². The van der Waals surface area contributed by atoms with Crippen LogP contribution in [-0.2, 0) is 22.8 Å². The third-order valence-corrected chi connectivity index (χ3v) is 6.16. The van der Waals surface area contributed by atoms with Crippen LogP contribution in [0.1, 0.15) is 45.1 Å². The molecule has 0 saturated heterocycles. The zero-order valence-corrected chi connectivity index (χ0v) is 20.0. The van der Waals surface area contributed by atoms with Crippen LogP contribution in [0.5, 0.6) is 0 Å². The maximum Gasteiger partial charge on any atom is 0.408 e. The molecule has 9 heteroatoms. The molecule has 2 N–H and O–H groups in total. The molecule has 2 heterocycles. The minimum atomic E-state index is -1.22. The number of aromatic nitrogens is 2. The van der Waals surface area contributed by atoms with E-state index >= 15 is 0 Å². The minimum Gasteiger partial charge on any atom is -0.444 e. The number of fused-ring (bicyclic) bond motifs is 1. The molecule has 7 nitrogen and oxygen atoms in total. The summed E-state index contributed by atoms with van der Waals surface area (Å²) in [6, 6.07) is 3.38. The molecule has 30 heavy (non-hydrogen) atoms. The number of pyridine rings is 1. The van der Waals surface area contributed by atoms with Gasteiger partial charge in [-0.25, -0.2) is 14.2 Å². The van der Waals surface area contributed by atoms with Crippen molar-refractivity contribution in [2.24, 2.45) is 0 Å². The number of carbonyl (C=O) groups is 1. The monoisotopic (exact) mass is 439 g/mol. The Hall–Kier alpha value is -1.97. The summed E-state index contributed by atoms with van der Waals surface area (Å²) in [6.07, 6.45) is -0.641. The largest absolute Gasteiger partial charge is 0.444 e. The number of alkyl carbamates (subject to hydrolysis) is 1. The van der Waals surface area contributed by atoms with Crippen LogP contribution in [0.2, 0.25) is 25.7 Å². The van der Waals surface area contributed by atoms with Crippen molar-refractivity contribution in [1.29, 1.82) is 0 Å². The lowest BCUT2D eigenvalue weighted by Gasteiger charge is -2.22. The van der Waals surface area contributed by atoms with E-state index < -0.39 is 31.6 Å². The molecular formula is C21H34FN3O4Si. The highest BCUT2D eigenvalue weighted by Crippen LogP contribution is 2.24. The fourth-order valence-corrected chi connectivity index (χ4v) is 3.65. The second kappa shape index (κ2) is 9.45. The quantitative estimate of drug-likeness (QED) is 0.465. The van der Waals surface area contributed by atoms with Crippen molar-refractivity contribution in [1.82, 2.24) is 14.9 Å². The predicted octanol–water partition coefficient (Wildman–Crippen LogP) is 4.57. The van der Waals surface area contributed by atoms with E-state index in [0.717, 1.165) is 6.04 Å². The van der Waals surface area contributed by atoms with Crippen molar-refractivity contribution in [3.05, 3.63) is 29.3 Å². The van der Waals surface area contributed by atoms with E-state index in [4.69, 9.17) is 9.47 Å². The molecule has 0 bridgehead atoms. The van der Waals surface area contributed by atoms with Gasteiger partial charge in [-0.1, -0.05) is 19.6 Å². The average molecular weight is 440 g/mol. The highest BCUT2D eigenvalue weighted by Gasteiger charge is 2.22. The first-order valence-corrected chi connectivity index (χ1v) is 13.9. The first-order valence-electron chi connectivity index (χ1n) is 10.2. The molecule has 0 fully saturated rings. The van der Waals surface area contributed by atoms with Crippen LogP contribution in [-0.4, -0.2) is 41.0 Å². The first-order chi connectivity index (χ1) is 13.8. The summed E-state index contributed by atoms with van der Waals surface area (Å²) < 4.78 is 27.5. The van der Waals surface area contributed by atoms with Crippen molar-refractivity contribution in [3.63, 3.8) is 0 Å². The molecule has 0 aliphatic rings. The summed E-state index contributed by atoms with van der Waals surface area (Å²) in [5.74, 6) is -0.535. The van der Waals surface area contributed by atoms with Gasteiger partial charge in [0.2, 0.25) is 0 Å². The summed E-state index contributed by atoms with van der Waals surface area (Å²) in [5.41, 5.74) is 0.535. The molecule has 2 rings (SSSR count). The van der Waals surface area contributed by atoms with E-state index in [-0.39, 0.29) is 19.0 Å². The lowest BCUT2D eigenvalue weighted by Crippen LogP contribution is -2.34. The number of nitrogens with zero attached hydrogens (tertiary/aromatic N) is 2. The molecule has 0 spiro atoms. The maximum atomic E-state index is 14.7. The van der Waals surface area contributed by atoms with Crippen LogP contribution < -0.4 is 5.32 Å². The second-order valence-electron chi connectivity index (χ2n) is 9.71. The van der Waals surface area contributed by atoms with Gasteiger partial charge in [0.1, 0.15) is 29.5 Å². The van der Waals surface area contributed by atoms with Crippen molar-refractivity contribution in [2.75, 3.05) is 6.61 Å². The third-order valence-electron chi connectivity index (χ3n) is 4.46. The number of ether oxygens (including phenoxy) is 2. The molecule has 2 aromatic rings. The number of amides is 1. The van der Waals surface area contributed by atoms with E-state index in [0.29, 0.717) is 23.3 Å². The highest BCUT2D eigenvalue weighted by atomic mass is 28.3. The van der Waals surface area contributed by atoms with Crippen LogP contribution in [0.4, 0.5) is 9.18 Å². The number of aliphatic hydroxyl groups excluding tert-OH is 1. The normalized spacial score (nSPS) is 13.5. The van der Waals surface area contributed by atoms with Crippen molar-refractivity contribution in [2.45, 2.75) is 78.4 Å². The summed E-state index contributed by atoms with van der Waals surface area (Å²) in [5, 5.41) is 12.9. The molecule has 0 unspecified atom stereocenters. The smallest absolute Gasteiger partial charge is 0.408 e. The zero-order chi connectivity index (χ0) is 22.7. The molecule has 1 atom stereocenters. The average Bonchev–Trinajstić information content (AvgIpc) is 2.91. The second-order valence-corrected chi connectivity index (χ2v) is 15.3. The van der Waals surface area contributed by atoms with Crippen LogP contribution in [0, 0.1) is 5.82 Å². The van der Waals surface area contributed by atoms with E-state index in [9.17, 15) is 14.3 Å². The molecule has 2 aromatic heterocycles. The number of rotatable bonds is 8. The van der Waals surface area contributed by atoms with Gasteiger partial charge in [0.15, 0.2) is 0 Å². The Bertz CT molecular complexity index is 887. The highest BCUT2D eigenvalue weighted by molar-refractivity contribution is 6.76. The molecule has 168 valence electrons. The van der Waals surface area contributed by atoms with Crippen LogP contribution in [0.15, 0.2) is 12.1 Å². The summed E-state index contributed by atoms with van der Waals surface area (Å²) >= 11 is 0. The lowest BCUT2D eigenvalue weighted by atomic mass is 10.2. The van der Waals surface area contributed by atoms with Gasteiger partial charge in [-0.15, -0.1) is 0 Å². The Kier molecular flexibility index (Phi) is 7.65. The standard InChI is InChI=1S/C21H34FN3O4Si/c1-14(23-20(27)29-21(2,3)4)18-17(22)11-15-10-16(12-26)25(19(15)24-18)13-28-8-9-30(5,6)7/h10-11,14,26H,8-9,12-13H2,1-7H3,(H,23,27)/t14-/m1/s1. The molecule has 0 aliphatic carbocycles. The zero-order valence-electron chi connectivity index (χ0n) is 19.0. The Balaban J connectivity index is 2.25. The molecular weight excluding hydrogens is 405 g/mol. The van der Waals surface area contributed by atoms with Gasteiger partial charge in [0, 0.05) is 25.8 Å². The number of aliphatic hydroxyl groups is 1. The van der Waals surface area contributed by atoms with Gasteiger partial charge in [0.25, 0.3) is 0 Å². The third kappa shape index (κ3) is 6.78. The summed E-state index contributed by atoms with van der Waals surface area (Å²) in [7, 11) is -1.22. The summed E-state index contributed by atoms with van der Waals surface area (Å²) in [4.78, 5) is 16.5. The molecule has 0 radical (unpaired) electrons. The molecule has 0 aromatic carbocycles. The van der Waals surface area contributed by atoms with Gasteiger partial charge in [-0.2, -0.15) is 0 Å². The van der Waals surface area contributed by atoms with Gasteiger partial charge in [-0.3, -0.25) is 0 Å². The molecule has 1 amide bonds. The number of halogens is 1. The van der Waals surface area contributed by atoms with Gasteiger partial charge >= 0.3 is 6.09 Å². The fraction of sp³-hybridized carbons (Fsp3) is 0.619. The van der Waals surface area contributed by atoms with Crippen molar-refractivity contribution >= 4 is 25.2 Å². The Labute approximate surface area is 178 Å². The molecule has 0 saturated carbocycles. The number of nitrogens with one attached hydrogen (secondary N) is 1. The Morgan fingerprint density at radius 3 is 2.57 bits per heavy atom. The van der Waals surface area contributed by atoms with Gasteiger partial charge < -0.3 is 24.5 Å². The molecule has 0 aliphatic heterocycles. The summed E-state index contributed by atoms with van der Waals surface area (Å²) in [6.45, 7) is 14.4. The number of hydrogen-bond donors (Lipinski definition) is 2. The Morgan fingerprint density at radius 2 is 2.00 bits per heavy atom. The van der Waals surface area contributed by atoms with E-state index in [2.05, 4.69) is 29.9 Å². The number of carbonyl (C=O) groups excluding carboxylic acids is 1. The predicted molar refractivity (Wildman–Crippen MR) is 118 cm³/mol. The van der Waals surface area contributed by atoms with E-state index in [1.165, 1.54) is 6.07 Å².